The van der Waals surface area contributed by atoms with E-state index in [4.69, 9.17) is 9.47 Å². The molecular weight excluding hydrogens is 376 g/mol. The second-order valence-electron chi connectivity index (χ2n) is 8.36. The minimum absolute atomic E-state index is 0.0422. The van der Waals surface area contributed by atoms with E-state index in [1.54, 1.807) is 0 Å². The van der Waals surface area contributed by atoms with Gasteiger partial charge in [-0.15, -0.1) is 0 Å². The lowest BCUT2D eigenvalue weighted by molar-refractivity contribution is -0.118. The van der Waals surface area contributed by atoms with Crippen LogP contribution >= 0.6 is 0 Å². The Labute approximate surface area is 178 Å². The van der Waals surface area contributed by atoms with Gasteiger partial charge in [-0.25, -0.2) is 0 Å². The third-order valence-corrected chi connectivity index (χ3v) is 6.12. The van der Waals surface area contributed by atoms with E-state index < -0.39 is 5.66 Å². The Morgan fingerprint density at radius 2 is 1.90 bits per heavy atom. The fraction of sp³-hybridized carbons (Fsp3) is 0.400. The van der Waals surface area contributed by atoms with Crippen molar-refractivity contribution in [3.8, 4) is 11.5 Å². The number of ether oxygens (including phenoxy) is 2. The van der Waals surface area contributed by atoms with Gasteiger partial charge in [0.05, 0.1) is 19.8 Å². The van der Waals surface area contributed by atoms with Crippen molar-refractivity contribution in [3.05, 3.63) is 59.7 Å². The number of carbonyl (C=O) groups excluding carboxylic acids is 1. The zero-order valence-electron chi connectivity index (χ0n) is 18.2. The molecule has 1 N–H and O–H groups in total. The van der Waals surface area contributed by atoms with Crippen LogP contribution in [0.3, 0.4) is 0 Å². The highest BCUT2D eigenvalue weighted by molar-refractivity contribution is 5.91. The molecule has 2 aliphatic rings. The average molecular weight is 407 g/mol. The standard InChI is InChI=1S/C25H30N2O3/c1-5-15-30-21-12-11-18(16-22(21)29-6-2)13-14-25-24(3,4)19-9-7-8-10-20(19)27(25)17-23(28)26-25/h7-14,16H,5-6,15,17H2,1-4H3,(H,26,28)/t25-/m1/s1. The van der Waals surface area contributed by atoms with Crippen molar-refractivity contribution < 1.29 is 14.3 Å². The van der Waals surface area contributed by atoms with Gasteiger partial charge in [0.1, 0.15) is 5.66 Å². The number of hydrogen-bond donors (Lipinski definition) is 1. The zero-order valence-corrected chi connectivity index (χ0v) is 18.2. The van der Waals surface area contributed by atoms with Gasteiger partial charge in [-0.3, -0.25) is 4.79 Å². The van der Waals surface area contributed by atoms with Crippen LogP contribution in [0.2, 0.25) is 0 Å². The predicted octanol–water partition coefficient (Wildman–Crippen LogP) is 4.51. The average Bonchev–Trinajstić information content (AvgIpc) is 3.17. The topological polar surface area (TPSA) is 50.8 Å². The van der Waals surface area contributed by atoms with Crippen molar-refractivity contribution in [1.82, 2.24) is 5.32 Å². The molecule has 0 aromatic heterocycles. The molecule has 0 radical (unpaired) electrons. The van der Waals surface area contributed by atoms with Gasteiger partial charge in [-0.2, -0.15) is 0 Å². The molecule has 2 heterocycles. The van der Waals surface area contributed by atoms with E-state index in [2.05, 4.69) is 61.3 Å². The van der Waals surface area contributed by atoms with Gasteiger partial charge in [0.2, 0.25) is 5.91 Å². The van der Waals surface area contributed by atoms with E-state index in [0.717, 1.165) is 29.2 Å². The molecule has 30 heavy (non-hydrogen) atoms. The number of anilines is 1. The number of carbonyl (C=O) groups is 1. The number of rotatable bonds is 7. The molecule has 5 heteroatoms. The molecule has 158 valence electrons. The first kappa shape index (κ1) is 20.3. The van der Waals surface area contributed by atoms with Crippen molar-refractivity contribution in [2.75, 3.05) is 24.7 Å². The van der Waals surface area contributed by atoms with E-state index in [9.17, 15) is 4.79 Å². The van der Waals surface area contributed by atoms with Crippen molar-refractivity contribution in [2.24, 2.45) is 0 Å². The second kappa shape index (κ2) is 7.71. The van der Waals surface area contributed by atoms with Crippen LogP contribution in [0.15, 0.2) is 48.5 Å². The number of para-hydroxylation sites is 1. The van der Waals surface area contributed by atoms with Gasteiger partial charge in [-0.05, 0) is 48.7 Å². The minimum atomic E-state index is -0.600. The Bertz CT molecular complexity index is 982. The Kier molecular flexibility index (Phi) is 5.22. The summed E-state index contributed by atoms with van der Waals surface area (Å²) < 4.78 is 11.6. The smallest absolute Gasteiger partial charge is 0.241 e. The summed E-state index contributed by atoms with van der Waals surface area (Å²) in [5, 5.41) is 3.26. The van der Waals surface area contributed by atoms with E-state index in [-0.39, 0.29) is 11.3 Å². The van der Waals surface area contributed by atoms with Crippen LogP contribution in [0.1, 0.15) is 45.2 Å². The molecule has 2 aromatic rings. The highest BCUT2D eigenvalue weighted by atomic mass is 16.5. The van der Waals surface area contributed by atoms with Gasteiger partial charge in [0, 0.05) is 11.1 Å². The van der Waals surface area contributed by atoms with Crippen LogP contribution in [0.4, 0.5) is 5.69 Å². The maximum atomic E-state index is 12.4. The number of benzene rings is 2. The summed E-state index contributed by atoms with van der Waals surface area (Å²) in [4.78, 5) is 14.6. The maximum absolute atomic E-state index is 12.4. The second-order valence-corrected chi connectivity index (χ2v) is 8.36. The lowest BCUT2D eigenvalue weighted by Crippen LogP contribution is -2.58. The molecule has 0 bridgehead atoms. The molecule has 1 atom stereocenters. The Hall–Kier alpha value is -2.95. The molecule has 0 saturated carbocycles. The lowest BCUT2D eigenvalue weighted by Gasteiger charge is -2.40. The van der Waals surface area contributed by atoms with Gasteiger partial charge in [0.25, 0.3) is 0 Å². The minimum Gasteiger partial charge on any atom is -0.490 e. The molecule has 1 fully saturated rings. The van der Waals surface area contributed by atoms with Crippen molar-refractivity contribution in [1.29, 1.82) is 0 Å². The SMILES string of the molecule is CCCOc1ccc(C=C[C@@]23NC(=O)CN2c2ccccc2C3(C)C)cc1OCC. The normalized spacial score (nSPS) is 21.5. The Morgan fingerprint density at radius 3 is 2.67 bits per heavy atom. The summed E-state index contributed by atoms with van der Waals surface area (Å²) in [6.07, 6.45) is 5.13. The Morgan fingerprint density at radius 1 is 1.10 bits per heavy atom. The summed E-state index contributed by atoms with van der Waals surface area (Å²) >= 11 is 0. The van der Waals surface area contributed by atoms with E-state index in [1.165, 1.54) is 5.56 Å². The third-order valence-electron chi connectivity index (χ3n) is 6.12. The lowest BCUT2D eigenvalue weighted by atomic mass is 9.75. The molecule has 5 nitrogen and oxygen atoms in total. The summed E-state index contributed by atoms with van der Waals surface area (Å²) in [5.41, 5.74) is 2.48. The molecule has 2 aromatic carbocycles. The van der Waals surface area contributed by atoms with Crippen LogP contribution < -0.4 is 19.7 Å². The molecule has 4 rings (SSSR count). The summed E-state index contributed by atoms with van der Waals surface area (Å²) in [6, 6.07) is 14.3. The van der Waals surface area contributed by atoms with Crippen LogP contribution in [-0.2, 0) is 10.2 Å². The van der Waals surface area contributed by atoms with Crippen molar-refractivity contribution in [3.63, 3.8) is 0 Å². The fourth-order valence-electron chi connectivity index (χ4n) is 4.58. The van der Waals surface area contributed by atoms with Gasteiger partial charge >= 0.3 is 0 Å². The zero-order chi connectivity index (χ0) is 21.4. The fourth-order valence-corrected chi connectivity index (χ4v) is 4.58. The molecule has 0 aliphatic carbocycles. The van der Waals surface area contributed by atoms with Crippen molar-refractivity contribution in [2.45, 2.75) is 45.2 Å². The first-order valence-electron chi connectivity index (χ1n) is 10.7. The van der Waals surface area contributed by atoms with Crippen LogP contribution in [0.25, 0.3) is 6.08 Å². The van der Waals surface area contributed by atoms with E-state index in [0.29, 0.717) is 19.8 Å². The van der Waals surface area contributed by atoms with Crippen LogP contribution in [-0.4, -0.2) is 31.3 Å². The number of hydrogen-bond acceptors (Lipinski definition) is 4. The number of amides is 1. The third kappa shape index (κ3) is 3.13. The van der Waals surface area contributed by atoms with Gasteiger partial charge in [0.15, 0.2) is 11.5 Å². The monoisotopic (exact) mass is 406 g/mol. The van der Waals surface area contributed by atoms with Gasteiger partial charge < -0.3 is 19.7 Å². The number of nitrogens with zero attached hydrogens (tertiary/aromatic N) is 1. The Balaban J connectivity index is 1.71. The molecule has 1 saturated heterocycles. The van der Waals surface area contributed by atoms with E-state index >= 15 is 0 Å². The molecule has 0 unspecified atom stereocenters. The quantitative estimate of drug-likeness (QED) is 0.735. The van der Waals surface area contributed by atoms with E-state index in [1.807, 2.05) is 31.2 Å². The molecular formula is C25H30N2O3. The van der Waals surface area contributed by atoms with Crippen molar-refractivity contribution >= 4 is 17.7 Å². The number of nitrogens with one attached hydrogen (secondary N) is 1. The summed E-state index contributed by atoms with van der Waals surface area (Å²) in [6.45, 7) is 10.0. The largest absolute Gasteiger partial charge is 0.490 e. The van der Waals surface area contributed by atoms with Crippen LogP contribution in [0.5, 0.6) is 11.5 Å². The summed E-state index contributed by atoms with van der Waals surface area (Å²) in [5.74, 6) is 1.55. The molecule has 1 amide bonds. The first-order valence-corrected chi connectivity index (χ1v) is 10.7. The predicted molar refractivity (Wildman–Crippen MR) is 120 cm³/mol. The number of fused-ring (bicyclic) bond motifs is 3. The first-order chi connectivity index (χ1) is 14.4. The highest BCUT2D eigenvalue weighted by Crippen LogP contribution is 2.52. The molecule has 2 aliphatic heterocycles. The van der Waals surface area contributed by atoms with Gasteiger partial charge in [-0.1, -0.05) is 51.1 Å². The summed E-state index contributed by atoms with van der Waals surface area (Å²) in [7, 11) is 0. The van der Waals surface area contributed by atoms with Crippen LogP contribution in [0, 0.1) is 0 Å². The maximum Gasteiger partial charge on any atom is 0.241 e. The highest BCUT2D eigenvalue weighted by Gasteiger charge is 2.59. The molecule has 0 spiro atoms.